The molecule has 0 atom stereocenters. The summed E-state index contributed by atoms with van der Waals surface area (Å²) in [5.41, 5.74) is 0.243. The standard InChI is InChI=1S/C13H16N2O2/c1-13(2,3)12(17)15-11-9-10(5-4-8-16)6-7-14-11/h6-7,9,16H,8H2,1-3H3,(H,14,15,17). The van der Waals surface area contributed by atoms with Crippen molar-refractivity contribution in [2.75, 3.05) is 11.9 Å². The third-order valence-electron chi connectivity index (χ3n) is 1.99. The van der Waals surface area contributed by atoms with Gasteiger partial charge in [0, 0.05) is 17.2 Å². The molecule has 4 nitrogen and oxygen atoms in total. The molecule has 0 aromatic carbocycles. The zero-order valence-corrected chi connectivity index (χ0v) is 10.2. The number of nitrogens with zero attached hydrogens (tertiary/aromatic N) is 1. The lowest BCUT2D eigenvalue weighted by Gasteiger charge is -2.17. The maximum Gasteiger partial charge on any atom is 0.230 e. The molecule has 0 radical (unpaired) electrons. The Morgan fingerprint density at radius 2 is 2.24 bits per heavy atom. The van der Waals surface area contributed by atoms with Crippen LogP contribution in [0.4, 0.5) is 5.82 Å². The Balaban J connectivity index is 2.83. The van der Waals surface area contributed by atoms with Crippen LogP contribution in [0.5, 0.6) is 0 Å². The summed E-state index contributed by atoms with van der Waals surface area (Å²) in [5.74, 6) is 5.66. The normalized spacial score (nSPS) is 10.4. The average molecular weight is 232 g/mol. The van der Waals surface area contributed by atoms with Crippen LogP contribution in [0.2, 0.25) is 0 Å². The largest absolute Gasteiger partial charge is 0.384 e. The number of hydrogen-bond donors (Lipinski definition) is 2. The fourth-order valence-electron chi connectivity index (χ4n) is 1.02. The zero-order chi connectivity index (χ0) is 12.9. The van der Waals surface area contributed by atoms with E-state index < -0.39 is 5.41 Å². The predicted molar refractivity (Wildman–Crippen MR) is 66.3 cm³/mol. The fourth-order valence-corrected chi connectivity index (χ4v) is 1.02. The van der Waals surface area contributed by atoms with Crippen LogP contribution < -0.4 is 5.32 Å². The number of pyridine rings is 1. The number of nitrogens with one attached hydrogen (secondary N) is 1. The van der Waals surface area contributed by atoms with Gasteiger partial charge < -0.3 is 10.4 Å². The molecule has 2 N–H and O–H groups in total. The minimum absolute atomic E-state index is 0.0998. The molecular weight excluding hydrogens is 216 g/mol. The van der Waals surface area contributed by atoms with Crippen molar-refractivity contribution < 1.29 is 9.90 Å². The van der Waals surface area contributed by atoms with E-state index >= 15 is 0 Å². The highest BCUT2D eigenvalue weighted by Gasteiger charge is 2.21. The molecule has 1 heterocycles. The molecule has 0 fully saturated rings. The van der Waals surface area contributed by atoms with Gasteiger partial charge in [-0.25, -0.2) is 4.98 Å². The quantitative estimate of drug-likeness (QED) is 0.720. The molecule has 0 aliphatic heterocycles. The molecule has 0 saturated carbocycles. The maximum absolute atomic E-state index is 11.7. The van der Waals surface area contributed by atoms with Crippen LogP contribution in [-0.4, -0.2) is 22.6 Å². The van der Waals surface area contributed by atoms with Gasteiger partial charge in [-0.1, -0.05) is 32.6 Å². The Bertz CT molecular complexity index is 464. The number of amides is 1. The zero-order valence-electron chi connectivity index (χ0n) is 10.2. The fraction of sp³-hybridized carbons (Fsp3) is 0.385. The summed E-state index contributed by atoms with van der Waals surface area (Å²) in [5, 5.41) is 11.3. The highest BCUT2D eigenvalue weighted by atomic mass is 16.2. The molecule has 0 bridgehead atoms. The SMILES string of the molecule is CC(C)(C)C(=O)Nc1cc(C#CCO)ccn1. The first-order valence-corrected chi connectivity index (χ1v) is 5.31. The lowest BCUT2D eigenvalue weighted by Crippen LogP contribution is -2.28. The molecule has 4 heteroatoms. The summed E-state index contributed by atoms with van der Waals surface area (Å²) in [6.45, 7) is 5.30. The van der Waals surface area contributed by atoms with Crippen molar-refractivity contribution in [3.8, 4) is 11.8 Å². The molecule has 0 saturated heterocycles. The van der Waals surface area contributed by atoms with Gasteiger partial charge >= 0.3 is 0 Å². The molecule has 1 amide bonds. The van der Waals surface area contributed by atoms with Crippen molar-refractivity contribution in [1.82, 2.24) is 4.98 Å². The minimum atomic E-state index is -0.464. The summed E-state index contributed by atoms with van der Waals surface area (Å²) in [6, 6.07) is 3.39. The van der Waals surface area contributed by atoms with Crippen molar-refractivity contribution in [3.05, 3.63) is 23.9 Å². The molecule has 0 spiro atoms. The molecule has 1 aromatic rings. The number of anilines is 1. The summed E-state index contributed by atoms with van der Waals surface area (Å²) in [7, 11) is 0. The first kappa shape index (κ1) is 13.2. The number of carbonyl (C=O) groups is 1. The summed E-state index contributed by atoms with van der Waals surface area (Å²) >= 11 is 0. The van der Waals surface area contributed by atoms with E-state index in [1.807, 2.05) is 20.8 Å². The highest BCUT2D eigenvalue weighted by Crippen LogP contribution is 2.16. The topological polar surface area (TPSA) is 62.2 Å². The predicted octanol–water partition coefficient (Wildman–Crippen LogP) is 1.41. The van der Waals surface area contributed by atoms with E-state index in [1.165, 1.54) is 0 Å². The van der Waals surface area contributed by atoms with E-state index in [0.29, 0.717) is 11.4 Å². The average Bonchev–Trinajstić information content (AvgIpc) is 2.25. The molecular formula is C13H16N2O2. The molecule has 90 valence electrons. The monoisotopic (exact) mass is 232 g/mol. The Labute approximate surface area is 101 Å². The van der Waals surface area contributed by atoms with E-state index in [4.69, 9.17) is 5.11 Å². The Morgan fingerprint density at radius 1 is 1.53 bits per heavy atom. The van der Waals surface area contributed by atoms with Crippen molar-refractivity contribution in [2.24, 2.45) is 5.41 Å². The number of aromatic nitrogens is 1. The van der Waals surface area contributed by atoms with Gasteiger partial charge in [0.05, 0.1) is 0 Å². The number of aliphatic hydroxyl groups is 1. The van der Waals surface area contributed by atoms with E-state index in [0.717, 1.165) is 0 Å². The van der Waals surface area contributed by atoms with Crippen molar-refractivity contribution in [1.29, 1.82) is 0 Å². The number of hydrogen-bond acceptors (Lipinski definition) is 3. The lowest BCUT2D eigenvalue weighted by atomic mass is 9.96. The summed E-state index contributed by atoms with van der Waals surface area (Å²) < 4.78 is 0. The second-order valence-electron chi connectivity index (χ2n) is 4.59. The van der Waals surface area contributed by atoms with E-state index in [1.54, 1.807) is 18.3 Å². The van der Waals surface area contributed by atoms with Gasteiger partial charge in [-0.3, -0.25) is 4.79 Å². The van der Waals surface area contributed by atoms with Crippen LogP contribution in [0.3, 0.4) is 0 Å². The first-order valence-electron chi connectivity index (χ1n) is 5.31. The van der Waals surface area contributed by atoms with E-state index in [-0.39, 0.29) is 12.5 Å². The van der Waals surface area contributed by atoms with Gasteiger partial charge in [0.2, 0.25) is 5.91 Å². The first-order chi connectivity index (χ1) is 7.93. The molecule has 1 aromatic heterocycles. The number of aliphatic hydroxyl groups excluding tert-OH is 1. The minimum Gasteiger partial charge on any atom is -0.384 e. The van der Waals surface area contributed by atoms with Crippen LogP contribution in [0, 0.1) is 17.3 Å². The lowest BCUT2D eigenvalue weighted by molar-refractivity contribution is -0.123. The Hall–Kier alpha value is -1.86. The second-order valence-corrected chi connectivity index (χ2v) is 4.59. The third kappa shape index (κ3) is 4.25. The summed E-state index contributed by atoms with van der Waals surface area (Å²) in [4.78, 5) is 15.8. The molecule has 17 heavy (non-hydrogen) atoms. The van der Waals surface area contributed by atoms with Crippen molar-refractivity contribution in [3.63, 3.8) is 0 Å². The number of carbonyl (C=O) groups excluding carboxylic acids is 1. The van der Waals surface area contributed by atoms with Crippen LogP contribution >= 0.6 is 0 Å². The van der Waals surface area contributed by atoms with Gasteiger partial charge in [0.1, 0.15) is 12.4 Å². The number of rotatable bonds is 1. The van der Waals surface area contributed by atoms with Gasteiger partial charge in [0.25, 0.3) is 0 Å². The smallest absolute Gasteiger partial charge is 0.230 e. The summed E-state index contributed by atoms with van der Waals surface area (Å²) in [6.07, 6.45) is 1.57. The van der Waals surface area contributed by atoms with Crippen LogP contribution in [0.15, 0.2) is 18.3 Å². The molecule has 0 aliphatic carbocycles. The highest BCUT2D eigenvalue weighted by molar-refractivity contribution is 5.93. The van der Waals surface area contributed by atoms with E-state index in [2.05, 4.69) is 22.1 Å². The van der Waals surface area contributed by atoms with Crippen LogP contribution in [0.25, 0.3) is 0 Å². The third-order valence-corrected chi connectivity index (χ3v) is 1.99. The van der Waals surface area contributed by atoms with Crippen molar-refractivity contribution >= 4 is 11.7 Å². The van der Waals surface area contributed by atoms with E-state index in [9.17, 15) is 4.79 Å². The Kier molecular flexibility index (Phi) is 4.24. The van der Waals surface area contributed by atoms with Gasteiger partial charge in [-0.15, -0.1) is 0 Å². The second kappa shape index (κ2) is 5.46. The van der Waals surface area contributed by atoms with Gasteiger partial charge in [-0.05, 0) is 12.1 Å². The Morgan fingerprint density at radius 3 is 2.82 bits per heavy atom. The molecule has 0 unspecified atom stereocenters. The van der Waals surface area contributed by atoms with Gasteiger partial charge in [0.15, 0.2) is 0 Å². The molecule has 0 aliphatic rings. The van der Waals surface area contributed by atoms with Crippen molar-refractivity contribution in [2.45, 2.75) is 20.8 Å². The van der Waals surface area contributed by atoms with Gasteiger partial charge in [-0.2, -0.15) is 0 Å². The molecule has 1 rings (SSSR count). The van der Waals surface area contributed by atoms with Crippen LogP contribution in [0.1, 0.15) is 26.3 Å². The van der Waals surface area contributed by atoms with Crippen LogP contribution in [-0.2, 0) is 4.79 Å². The maximum atomic E-state index is 11.7.